The Balaban J connectivity index is 1.44. The van der Waals surface area contributed by atoms with Crippen LogP contribution in [-0.2, 0) is 13.1 Å². The van der Waals surface area contributed by atoms with Gasteiger partial charge >= 0.3 is 0 Å². The molecule has 0 unspecified atom stereocenters. The molecule has 0 aliphatic rings. The van der Waals surface area contributed by atoms with Crippen LogP contribution in [0.5, 0.6) is 0 Å². The number of rotatable bonds is 6. The molecule has 156 valence electrons. The van der Waals surface area contributed by atoms with Gasteiger partial charge in [-0.3, -0.25) is 9.78 Å². The second-order valence-electron chi connectivity index (χ2n) is 7.50. The summed E-state index contributed by atoms with van der Waals surface area (Å²) in [4.78, 5) is 26.3. The van der Waals surface area contributed by atoms with Gasteiger partial charge in [0.1, 0.15) is 0 Å². The minimum absolute atomic E-state index is 0.133. The molecule has 2 aromatic carbocycles. The van der Waals surface area contributed by atoms with Gasteiger partial charge in [-0.2, -0.15) is 0 Å². The number of hydrogen-bond donors (Lipinski definition) is 1. The zero-order chi connectivity index (χ0) is 21.8. The average molecular weight is 419 g/mol. The summed E-state index contributed by atoms with van der Waals surface area (Å²) in [7, 11) is 0. The number of aromatic nitrogens is 4. The molecule has 3 aromatic heterocycles. The highest BCUT2D eigenvalue weighted by Gasteiger charge is 2.14. The van der Waals surface area contributed by atoms with E-state index in [0.717, 1.165) is 33.3 Å². The Morgan fingerprint density at radius 3 is 2.56 bits per heavy atom. The summed E-state index contributed by atoms with van der Waals surface area (Å²) in [5.41, 5.74) is 5.18. The Labute approximate surface area is 185 Å². The average Bonchev–Trinajstić information content (AvgIpc) is 3.36. The molecule has 0 bridgehead atoms. The van der Waals surface area contributed by atoms with E-state index in [1.165, 1.54) is 0 Å². The van der Waals surface area contributed by atoms with Crippen LogP contribution in [0.2, 0.25) is 0 Å². The number of amides is 1. The van der Waals surface area contributed by atoms with Crippen molar-refractivity contribution in [3.63, 3.8) is 0 Å². The van der Waals surface area contributed by atoms with Crippen molar-refractivity contribution < 1.29 is 4.79 Å². The van der Waals surface area contributed by atoms with Crippen molar-refractivity contribution in [2.45, 2.75) is 13.1 Å². The van der Waals surface area contributed by atoms with Crippen LogP contribution in [0, 0.1) is 0 Å². The summed E-state index contributed by atoms with van der Waals surface area (Å²) in [5, 5.41) is 3.92. The second-order valence-corrected chi connectivity index (χ2v) is 7.50. The maximum Gasteiger partial charge on any atom is 0.252 e. The summed E-state index contributed by atoms with van der Waals surface area (Å²) in [5.74, 6) is -0.133. The van der Waals surface area contributed by atoms with E-state index in [4.69, 9.17) is 4.98 Å². The highest BCUT2D eigenvalue weighted by molar-refractivity contribution is 6.07. The Morgan fingerprint density at radius 1 is 0.906 bits per heavy atom. The maximum absolute atomic E-state index is 13.3. The molecule has 0 aliphatic heterocycles. The Hall–Kier alpha value is -4.32. The molecule has 1 N–H and O–H groups in total. The van der Waals surface area contributed by atoms with Crippen LogP contribution in [0.4, 0.5) is 0 Å². The van der Waals surface area contributed by atoms with Crippen molar-refractivity contribution in [2.24, 2.45) is 0 Å². The third-order valence-electron chi connectivity index (χ3n) is 5.39. The first-order valence-corrected chi connectivity index (χ1v) is 10.4. The smallest absolute Gasteiger partial charge is 0.252 e. The second kappa shape index (κ2) is 8.81. The lowest BCUT2D eigenvalue weighted by Crippen LogP contribution is -2.24. The van der Waals surface area contributed by atoms with Crippen molar-refractivity contribution in [3.8, 4) is 11.3 Å². The molecular formula is C26H21N5O. The van der Waals surface area contributed by atoms with E-state index in [2.05, 4.69) is 21.4 Å². The van der Waals surface area contributed by atoms with E-state index in [9.17, 15) is 4.79 Å². The standard InChI is InChI=1S/C26H21N5O/c32-26(29-16-19-6-1-2-7-21(19)17-31-13-12-28-18-31)23-14-25(20-8-5-11-27-15-20)30-24-10-4-3-9-22(23)24/h1-15,18H,16-17H2,(H,29,32). The number of carbonyl (C=O) groups excluding carboxylic acids is 1. The van der Waals surface area contributed by atoms with Gasteiger partial charge in [0.05, 0.1) is 23.1 Å². The fourth-order valence-electron chi connectivity index (χ4n) is 3.76. The van der Waals surface area contributed by atoms with Gasteiger partial charge in [0.2, 0.25) is 0 Å². The topological polar surface area (TPSA) is 72.7 Å². The number of hydrogen-bond acceptors (Lipinski definition) is 4. The summed E-state index contributed by atoms with van der Waals surface area (Å²) in [6, 6.07) is 21.5. The first-order valence-electron chi connectivity index (χ1n) is 10.4. The van der Waals surface area contributed by atoms with Crippen LogP contribution in [-0.4, -0.2) is 25.4 Å². The fourth-order valence-corrected chi connectivity index (χ4v) is 3.76. The molecule has 0 saturated carbocycles. The van der Waals surface area contributed by atoms with E-state index >= 15 is 0 Å². The summed E-state index contributed by atoms with van der Waals surface area (Å²) in [6.45, 7) is 1.14. The predicted molar refractivity (Wildman–Crippen MR) is 124 cm³/mol. The summed E-state index contributed by atoms with van der Waals surface area (Å²) < 4.78 is 2.01. The van der Waals surface area contributed by atoms with Gasteiger partial charge in [-0.1, -0.05) is 42.5 Å². The molecule has 6 heteroatoms. The third-order valence-corrected chi connectivity index (χ3v) is 5.39. The number of imidazole rings is 1. The number of nitrogens with one attached hydrogen (secondary N) is 1. The van der Waals surface area contributed by atoms with E-state index in [0.29, 0.717) is 18.7 Å². The van der Waals surface area contributed by atoms with Crippen LogP contribution >= 0.6 is 0 Å². The van der Waals surface area contributed by atoms with Crippen molar-refractivity contribution in [1.29, 1.82) is 0 Å². The van der Waals surface area contributed by atoms with Gasteiger partial charge < -0.3 is 9.88 Å². The first-order chi connectivity index (χ1) is 15.8. The van der Waals surface area contributed by atoms with Gasteiger partial charge in [-0.15, -0.1) is 0 Å². The van der Waals surface area contributed by atoms with E-state index in [1.807, 2.05) is 71.4 Å². The normalized spacial score (nSPS) is 10.9. The van der Waals surface area contributed by atoms with Gasteiger partial charge in [0, 0.05) is 48.8 Å². The highest BCUT2D eigenvalue weighted by atomic mass is 16.1. The van der Waals surface area contributed by atoms with Gasteiger partial charge in [-0.25, -0.2) is 9.97 Å². The lowest BCUT2D eigenvalue weighted by atomic mass is 10.0. The fraction of sp³-hybridized carbons (Fsp3) is 0.0769. The van der Waals surface area contributed by atoms with Crippen molar-refractivity contribution in [3.05, 3.63) is 115 Å². The van der Waals surface area contributed by atoms with Crippen molar-refractivity contribution in [2.75, 3.05) is 0 Å². The molecule has 0 aliphatic carbocycles. The van der Waals surface area contributed by atoms with Crippen LogP contribution in [0.1, 0.15) is 21.5 Å². The molecule has 6 nitrogen and oxygen atoms in total. The molecule has 0 fully saturated rings. The lowest BCUT2D eigenvalue weighted by molar-refractivity contribution is 0.0952. The van der Waals surface area contributed by atoms with Crippen LogP contribution in [0.15, 0.2) is 97.8 Å². The lowest BCUT2D eigenvalue weighted by Gasteiger charge is -2.13. The monoisotopic (exact) mass is 419 g/mol. The molecule has 0 spiro atoms. The summed E-state index contributed by atoms with van der Waals surface area (Å²) >= 11 is 0. The number of fused-ring (bicyclic) bond motifs is 1. The number of pyridine rings is 2. The molecule has 5 rings (SSSR count). The first kappa shape index (κ1) is 19.6. The van der Waals surface area contributed by atoms with E-state index < -0.39 is 0 Å². The zero-order valence-electron chi connectivity index (χ0n) is 17.3. The molecule has 0 radical (unpaired) electrons. The minimum atomic E-state index is -0.133. The zero-order valence-corrected chi connectivity index (χ0v) is 17.3. The van der Waals surface area contributed by atoms with Crippen molar-refractivity contribution in [1.82, 2.24) is 24.8 Å². The highest BCUT2D eigenvalue weighted by Crippen LogP contribution is 2.24. The van der Waals surface area contributed by atoms with Gasteiger partial charge in [-0.05, 0) is 35.4 Å². The Morgan fingerprint density at radius 2 is 1.75 bits per heavy atom. The number of carbonyl (C=O) groups is 1. The molecule has 3 heterocycles. The third kappa shape index (κ3) is 4.11. The van der Waals surface area contributed by atoms with Gasteiger partial charge in [0.15, 0.2) is 0 Å². The number of nitrogens with zero attached hydrogens (tertiary/aromatic N) is 4. The van der Waals surface area contributed by atoms with Crippen molar-refractivity contribution >= 4 is 16.8 Å². The Bertz CT molecular complexity index is 1360. The van der Waals surface area contributed by atoms with E-state index in [-0.39, 0.29) is 5.91 Å². The van der Waals surface area contributed by atoms with Crippen LogP contribution in [0.25, 0.3) is 22.2 Å². The molecular weight excluding hydrogens is 398 g/mol. The summed E-state index contributed by atoms with van der Waals surface area (Å²) in [6.07, 6.45) is 8.96. The molecule has 5 aromatic rings. The SMILES string of the molecule is O=C(NCc1ccccc1Cn1ccnc1)c1cc(-c2cccnc2)nc2ccccc12. The Kier molecular flexibility index (Phi) is 5.41. The van der Waals surface area contributed by atoms with Gasteiger partial charge in [0.25, 0.3) is 5.91 Å². The van der Waals surface area contributed by atoms with E-state index in [1.54, 1.807) is 24.9 Å². The number of para-hydroxylation sites is 1. The quantitative estimate of drug-likeness (QED) is 0.441. The molecule has 1 amide bonds. The minimum Gasteiger partial charge on any atom is -0.348 e. The van der Waals surface area contributed by atoms with Crippen LogP contribution in [0.3, 0.4) is 0 Å². The molecule has 0 atom stereocenters. The largest absolute Gasteiger partial charge is 0.348 e. The predicted octanol–water partition coefficient (Wildman–Crippen LogP) is 4.47. The molecule has 0 saturated heterocycles. The van der Waals surface area contributed by atoms with Crippen LogP contribution < -0.4 is 5.32 Å². The number of benzene rings is 2. The molecule has 32 heavy (non-hydrogen) atoms. The maximum atomic E-state index is 13.3.